The van der Waals surface area contributed by atoms with Crippen LogP contribution >= 0.6 is 0 Å². The van der Waals surface area contributed by atoms with Crippen LogP contribution < -0.4 is 9.80 Å². The van der Waals surface area contributed by atoms with Crippen LogP contribution in [0.3, 0.4) is 0 Å². The number of aromatic nitrogens is 3. The van der Waals surface area contributed by atoms with E-state index in [4.69, 9.17) is 14.5 Å². The molecule has 2 aromatic rings. The van der Waals surface area contributed by atoms with Crippen LogP contribution in [0.15, 0.2) is 18.3 Å². The fourth-order valence-electron chi connectivity index (χ4n) is 3.68. The third kappa shape index (κ3) is 4.34. The molecule has 0 unspecified atom stereocenters. The molecule has 2 aliphatic rings. The van der Waals surface area contributed by atoms with Crippen molar-refractivity contribution < 1.29 is 22.6 Å². The van der Waals surface area contributed by atoms with Crippen molar-refractivity contribution in [2.24, 2.45) is 0 Å². The summed E-state index contributed by atoms with van der Waals surface area (Å²) in [6, 6.07) is 2.04. The molecular weight excluding hydrogens is 399 g/mol. The molecule has 0 radical (unpaired) electrons. The van der Waals surface area contributed by atoms with Gasteiger partial charge in [-0.05, 0) is 18.6 Å². The smallest absolute Gasteiger partial charge is 0.378 e. The lowest BCUT2D eigenvalue weighted by molar-refractivity contribution is -0.137. The zero-order valence-corrected chi connectivity index (χ0v) is 16.8. The predicted molar refractivity (Wildman–Crippen MR) is 106 cm³/mol. The third-order valence-corrected chi connectivity index (χ3v) is 5.26. The number of nitrogens with zero attached hydrogens (tertiary/aromatic N) is 5. The minimum atomic E-state index is -4.45. The van der Waals surface area contributed by atoms with Crippen LogP contribution in [0, 0.1) is 0 Å². The predicted octanol–water partition coefficient (Wildman–Crippen LogP) is 2.79. The second-order valence-corrected chi connectivity index (χ2v) is 7.15. The number of ether oxygens (including phenoxy) is 2. The first kappa shape index (κ1) is 20.8. The Morgan fingerprint density at radius 3 is 2.20 bits per heavy atom. The summed E-state index contributed by atoms with van der Waals surface area (Å²) in [6.07, 6.45) is -2.69. The average molecular weight is 423 g/mol. The molecule has 7 nitrogen and oxygen atoms in total. The Bertz CT molecular complexity index is 881. The first-order valence-electron chi connectivity index (χ1n) is 10.1. The lowest BCUT2D eigenvalue weighted by Gasteiger charge is -2.32. The molecule has 30 heavy (non-hydrogen) atoms. The van der Waals surface area contributed by atoms with E-state index < -0.39 is 11.7 Å². The van der Waals surface area contributed by atoms with Gasteiger partial charge in [0, 0.05) is 37.9 Å². The van der Waals surface area contributed by atoms with Gasteiger partial charge in [0.1, 0.15) is 5.82 Å². The number of anilines is 2. The molecule has 0 atom stereocenters. The Kier molecular flexibility index (Phi) is 6.05. The van der Waals surface area contributed by atoms with Gasteiger partial charge in [0.25, 0.3) is 0 Å². The molecule has 0 N–H and O–H groups in total. The van der Waals surface area contributed by atoms with Crippen molar-refractivity contribution in [3.8, 4) is 11.4 Å². The summed E-state index contributed by atoms with van der Waals surface area (Å²) in [4.78, 5) is 17.9. The van der Waals surface area contributed by atoms with Crippen LogP contribution in [0.4, 0.5) is 24.9 Å². The summed E-state index contributed by atoms with van der Waals surface area (Å²) in [6.45, 7) is 6.82. The van der Waals surface area contributed by atoms with Crippen LogP contribution in [0.1, 0.15) is 18.1 Å². The minimum absolute atomic E-state index is 0.202. The van der Waals surface area contributed by atoms with Crippen molar-refractivity contribution in [3.05, 3.63) is 29.5 Å². The van der Waals surface area contributed by atoms with Gasteiger partial charge in [0.15, 0.2) is 0 Å². The quantitative estimate of drug-likeness (QED) is 0.749. The first-order chi connectivity index (χ1) is 14.5. The van der Waals surface area contributed by atoms with E-state index in [2.05, 4.69) is 14.9 Å². The van der Waals surface area contributed by atoms with Crippen molar-refractivity contribution in [3.63, 3.8) is 0 Å². The standard InChI is InChI=1S/C20H24F3N5O2/c1-2-15-17(16-13-14(3-4-24-16)20(21,22)23)25-19(28-7-11-30-12-8-28)26-18(15)27-5-9-29-10-6-27/h3-4,13H,2,5-12H2,1H3. The molecule has 0 spiro atoms. The van der Waals surface area contributed by atoms with E-state index in [1.807, 2.05) is 11.8 Å². The number of rotatable bonds is 4. The molecule has 10 heteroatoms. The third-order valence-electron chi connectivity index (χ3n) is 5.26. The van der Waals surface area contributed by atoms with Crippen molar-refractivity contribution in [1.29, 1.82) is 0 Å². The number of halogens is 3. The highest BCUT2D eigenvalue weighted by molar-refractivity contribution is 5.69. The van der Waals surface area contributed by atoms with Gasteiger partial charge in [-0.2, -0.15) is 18.2 Å². The molecule has 162 valence electrons. The summed E-state index contributed by atoms with van der Waals surface area (Å²) >= 11 is 0. The van der Waals surface area contributed by atoms with Crippen molar-refractivity contribution in [1.82, 2.24) is 15.0 Å². The van der Waals surface area contributed by atoms with Gasteiger partial charge >= 0.3 is 6.18 Å². The van der Waals surface area contributed by atoms with Gasteiger partial charge in [0.2, 0.25) is 5.95 Å². The highest BCUT2D eigenvalue weighted by Gasteiger charge is 2.32. The lowest BCUT2D eigenvalue weighted by Crippen LogP contribution is -2.40. The topological polar surface area (TPSA) is 63.6 Å². The molecule has 0 aliphatic carbocycles. The SMILES string of the molecule is CCc1c(-c2cc(C(F)(F)F)ccn2)nc(N2CCOCC2)nc1N1CCOCC1. The lowest BCUT2D eigenvalue weighted by atomic mass is 10.1. The Morgan fingerprint density at radius 2 is 1.60 bits per heavy atom. The van der Waals surface area contributed by atoms with Crippen LogP contribution in [-0.2, 0) is 22.1 Å². The van der Waals surface area contributed by atoms with Crippen LogP contribution in [0.25, 0.3) is 11.4 Å². The highest BCUT2D eigenvalue weighted by Crippen LogP contribution is 2.35. The molecule has 0 amide bonds. The largest absolute Gasteiger partial charge is 0.416 e. The number of hydrogen-bond acceptors (Lipinski definition) is 7. The van der Waals surface area contributed by atoms with Crippen LogP contribution in [0.5, 0.6) is 0 Å². The van der Waals surface area contributed by atoms with E-state index in [-0.39, 0.29) is 5.69 Å². The van der Waals surface area contributed by atoms with Crippen LogP contribution in [0.2, 0.25) is 0 Å². The zero-order valence-electron chi connectivity index (χ0n) is 16.8. The molecule has 0 bridgehead atoms. The Hall–Kier alpha value is -2.46. The summed E-state index contributed by atoms with van der Waals surface area (Å²) < 4.78 is 50.8. The minimum Gasteiger partial charge on any atom is -0.378 e. The Balaban J connectivity index is 1.85. The fraction of sp³-hybridized carbons (Fsp3) is 0.550. The monoisotopic (exact) mass is 423 g/mol. The van der Waals surface area contributed by atoms with E-state index in [1.165, 1.54) is 6.20 Å². The molecule has 2 fully saturated rings. The second kappa shape index (κ2) is 8.73. The second-order valence-electron chi connectivity index (χ2n) is 7.15. The van der Waals surface area contributed by atoms with Gasteiger partial charge in [-0.1, -0.05) is 6.92 Å². The fourth-order valence-corrected chi connectivity index (χ4v) is 3.68. The maximum absolute atomic E-state index is 13.3. The van der Waals surface area contributed by atoms with Gasteiger partial charge in [-0.3, -0.25) is 4.98 Å². The van der Waals surface area contributed by atoms with Gasteiger partial charge < -0.3 is 19.3 Å². The van der Waals surface area contributed by atoms with E-state index in [9.17, 15) is 13.2 Å². The average Bonchev–Trinajstić information content (AvgIpc) is 2.79. The summed E-state index contributed by atoms with van der Waals surface area (Å²) in [5.74, 6) is 1.23. The number of hydrogen-bond donors (Lipinski definition) is 0. The maximum Gasteiger partial charge on any atom is 0.416 e. The summed E-state index contributed by atoms with van der Waals surface area (Å²) in [5.41, 5.74) is 0.699. The molecule has 4 heterocycles. The molecule has 0 aromatic carbocycles. The molecule has 2 aliphatic heterocycles. The molecule has 2 aromatic heterocycles. The van der Waals surface area contributed by atoms with Crippen LogP contribution in [-0.4, -0.2) is 67.6 Å². The molecule has 0 saturated carbocycles. The van der Waals surface area contributed by atoms with E-state index in [1.54, 1.807) is 0 Å². The summed E-state index contributed by atoms with van der Waals surface area (Å²) in [5, 5.41) is 0. The summed E-state index contributed by atoms with van der Waals surface area (Å²) in [7, 11) is 0. The number of alkyl halides is 3. The number of morpholine rings is 2. The number of pyridine rings is 1. The van der Waals surface area contributed by atoms with E-state index in [0.29, 0.717) is 70.7 Å². The van der Waals surface area contributed by atoms with Gasteiger partial charge in [-0.15, -0.1) is 0 Å². The Labute approximate surface area is 172 Å². The molecular formula is C20H24F3N5O2. The van der Waals surface area contributed by atoms with Gasteiger partial charge in [0.05, 0.1) is 43.4 Å². The maximum atomic E-state index is 13.3. The van der Waals surface area contributed by atoms with E-state index >= 15 is 0 Å². The van der Waals surface area contributed by atoms with Crippen molar-refractivity contribution in [2.45, 2.75) is 19.5 Å². The molecule has 4 rings (SSSR count). The normalized spacial score (nSPS) is 18.0. The van der Waals surface area contributed by atoms with E-state index in [0.717, 1.165) is 23.5 Å². The Morgan fingerprint density at radius 1 is 0.967 bits per heavy atom. The van der Waals surface area contributed by atoms with Crippen molar-refractivity contribution in [2.75, 3.05) is 62.4 Å². The van der Waals surface area contributed by atoms with Crippen molar-refractivity contribution >= 4 is 11.8 Å². The first-order valence-corrected chi connectivity index (χ1v) is 10.1. The van der Waals surface area contributed by atoms with Gasteiger partial charge in [-0.25, -0.2) is 4.98 Å². The highest BCUT2D eigenvalue weighted by atomic mass is 19.4. The zero-order chi connectivity index (χ0) is 21.1. The molecule has 2 saturated heterocycles.